The second-order valence-electron chi connectivity index (χ2n) is 8.47. The highest BCUT2D eigenvalue weighted by molar-refractivity contribution is 7.89. The number of aromatic nitrogens is 2. The van der Waals surface area contributed by atoms with Crippen molar-refractivity contribution < 1.29 is 22.7 Å². The Labute approximate surface area is 204 Å². The van der Waals surface area contributed by atoms with E-state index in [0.29, 0.717) is 50.5 Å². The number of amides is 2. The summed E-state index contributed by atoms with van der Waals surface area (Å²) >= 11 is 0. The molecule has 186 valence electrons. The Bertz CT molecular complexity index is 1320. The summed E-state index contributed by atoms with van der Waals surface area (Å²) in [5.74, 6) is -0.277. The van der Waals surface area contributed by atoms with Gasteiger partial charge in [-0.1, -0.05) is 30.3 Å². The second-order valence-corrected chi connectivity index (χ2v) is 10.4. The van der Waals surface area contributed by atoms with Gasteiger partial charge >= 0.3 is 0 Å². The lowest BCUT2D eigenvalue weighted by Crippen LogP contribution is -2.45. The standard InChI is InChI=1S/C24H29N5O5S/c1-28-21-8-7-18(35(32,33)29-11-13-34-14-12-29)16-19(21)26-22(28)9-10-23(30)27-20(24(25)31)15-17-5-3-2-4-6-17/h2-8,16,20H,9-15H2,1H3,(H2,25,31)(H,27,30). The fourth-order valence-electron chi connectivity index (χ4n) is 4.11. The van der Waals surface area contributed by atoms with E-state index in [0.717, 1.165) is 11.1 Å². The summed E-state index contributed by atoms with van der Waals surface area (Å²) in [4.78, 5) is 29.2. The van der Waals surface area contributed by atoms with Crippen LogP contribution in [0.1, 0.15) is 17.8 Å². The summed E-state index contributed by atoms with van der Waals surface area (Å²) in [5.41, 5.74) is 7.69. The van der Waals surface area contributed by atoms with Crippen LogP contribution in [0, 0.1) is 0 Å². The number of nitrogens with one attached hydrogen (secondary N) is 1. The molecule has 1 fully saturated rings. The summed E-state index contributed by atoms with van der Waals surface area (Å²) in [7, 11) is -1.81. The van der Waals surface area contributed by atoms with Gasteiger partial charge in [-0.15, -0.1) is 0 Å². The number of hydrogen-bond donors (Lipinski definition) is 2. The Morgan fingerprint density at radius 2 is 1.86 bits per heavy atom. The largest absolute Gasteiger partial charge is 0.379 e. The smallest absolute Gasteiger partial charge is 0.243 e. The zero-order chi connectivity index (χ0) is 25.0. The van der Waals surface area contributed by atoms with Crippen LogP contribution < -0.4 is 11.1 Å². The molecular weight excluding hydrogens is 470 g/mol. The van der Waals surface area contributed by atoms with Gasteiger partial charge in [0.15, 0.2) is 0 Å². The molecule has 2 amide bonds. The van der Waals surface area contributed by atoms with E-state index >= 15 is 0 Å². The number of morpholine rings is 1. The fourth-order valence-corrected chi connectivity index (χ4v) is 5.54. The van der Waals surface area contributed by atoms with Crippen molar-refractivity contribution >= 4 is 32.9 Å². The molecule has 0 aliphatic carbocycles. The van der Waals surface area contributed by atoms with Crippen LogP contribution >= 0.6 is 0 Å². The zero-order valence-corrected chi connectivity index (χ0v) is 20.3. The monoisotopic (exact) mass is 499 g/mol. The quantitative estimate of drug-likeness (QED) is 0.446. The summed E-state index contributed by atoms with van der Waals surface area (Å²) in [6.07, 6.45) is 0.739. The van der Waals surface area contributed by atoms with Crippen molar-refractivity contribution in [1.82, 2.24) is 19.2 Å². The van der Waals surface area contributed by atoms with Crippen LogP contribution in [0.5, 0.6) is 0 Å². The lowest BCUT2D eigenvalue weighted by atomic mass is 10.1. The van der Waals surface area contributed by atoms with Gasteiger partial charge in [-0.2, -0.15) is 4.31 Å². The van der Waals surface area contributed by atoms with Gasteiger partial charge in [0.2, 0.25) is 21.8 Å². The van der Waals surface area contributed by atoms with E-state index in [1.54, 1.807) is 18.2 Å². The highest BCUT2D eigenvalue weighted by Gasteiger charge is 2.27. The highest BCUT2D eigenvalue weighted by atomic mass is 32.2. The van der Waals surface area contributed by atoms with Gasteiger partial charge < -0.3 is 20.4 Å². The third kappa shape index (κ3) is 5.69. The summed E-state index contributed by atoms with van der Waals surface area (Å²) < 4.78 is 34.4. The molecular formula is C24H29N5O5S. The van der Waals surface area contributed by atoms with Gasteiger partial charge in [0, 0.05) is 39.4 Å². The van der Waals surface area contributed by atoms with Crippen molar-refractivity contribution in [1.29, 1.82) is 0 Å². The van der Waals surface area contributed by atoms with Crippen molar-refractivity contribution in [2.45, 2.75) is 30.2 Å². The van der Waals surface area contributed by atoms with Crippen LogP contribution in [0.25, 0.3) is 11.0 Å². The number of ether oxygens (including phenoxy) is 1. The predicted octanol–water partition coefficient (Wildman–Crippen LogP) is 0.740. The van der Waals surface area contributed by atoms with Crippen molar-refractivity contribution in [2.24, 2.45) is 12.8 Å². The van der Waals surface area contributed by atoms with Crippen molar-refractivity contribution in [3.8, 4) is 0 Å². The number of carbonyl (C=O) groups excluding carboxylic acids is 2. The van der Waals surface area contributed by atoms with Crippen LogP contribution in [0.3, 0.4) is 0 Å². The van der Waals surface area contributed by atoms with Crippen LogP contribution in [0.4, 0.5) is 0 Å². The minimum Gasteiger partial charge on any atom is -0.379 e. The van der Waals surface area contributed by atoms with Crippen molar-refractivity contribution in [3.63, 3.8) is 0 Å². The topological polar surface area (TPSA) is 137 Å². The molecule has 11 heteroatoms. The Morgan fingerprint density at radius 3 is 2.54 bits per heavy atom. The van der Waals surface area contributed by atoms with Crippen molar-refractivity contribution in [3.05, 3.63) is 59.9 Å². The highest BCUT2D eigenvalue weighted by Crippen LogP contribution is 2.23. The molecule has 0 bridgehead atoms. The van der Waals surface area contributed by atoms with E-state index in [4.69, 9.17) is 10.5 Å². The van der Waals surface area contributed by atoms with E-state index in [2.05, 4.69) is 10.3 Å². The molecule has 3 N–H and O–H groups in total. The molecule has 0 radical (unpaired) electrons. The number of fused-ring (bicyclic) bond motifs is 1. The molecule has 0 saturated carbocycles. The Balaban J connectivity index is 1.44. The second kappa shape index (κ2) is 10.5. The molecule has 1 unspecified atom stereocenters. The van der Waals surface area contributed by atoms with Crippen LogP contribution in [0.15, 0.2) is 53.4 Å². The maximum atomic E-state index is 13.0. The minimum atomic E-state index is -3.63. The Kier molecular flexibility index (Phi) is 7.48. The maximum absolute atomic E-state index is 13.0. The molecule has 1 aliphatic heterocycles. The number of aryl methyl sites for hydroxylation is 2. The number of sulfonamides is 1. The third-order valence-corrected chi connectivity index (χ3v) is 7.98. The molecule has 1 atom stereocenters. The number of primary amides is 1. The molecule has 1 aromatic heterocycles. The first kappa shape index (κ1) is 24.8. The predicted molar refractivity (Wildman–Crippen MR) is 130 cm³/mol. The number of imidazole rings is 1. The average molecular weight is 500 g/mol. The molecule has 3 aromatic rings. The maximum Gasteiger partial charge on any atom is 0.243 e. The van der Waals surface area contributed by atoms with E-state index < -0.39 is 22.0 Å². The van der Waals surface area contributed by atoms with Crippen LogP contribution in [0.2, 0.25) is 0 Å². The fraction of sp³-hybridized carbons (Fsp3) is 0.375. The number of rotatable bonds is 9. The molecule has 4 rings (SSSR count). The van der Waals surface area contributed by atoms with E-state index in [-0.39, 0.29) is 17.2 Å². The first-order valence-corrected chi connectivity index (χ1v) is 12.9. The number of carbonyl (C=O) groups is 2. The van der Waals surface area contributed by atoms with Crippen LogP contribution in [-0.2, 0) is 44.2 Å². The van der Waals surface area contributed by atoms with Gasteiger partial charge in [0.05, 0.1) is 29.1 Å². The lowest BCUT2D eigenvalue weighted by molar-refractivity contribution is -0.127. The molecule has 10 nitrogen and oxygen atoms in total. The molecule has 0 spiro atoms. The lowest BCUT2D eigenvalue weighted by Gasteiger charge is -2.26. The SMILES string of the molecule is Cn1c(CCC(=O)NC(Cc2ccccc2)C(N)=O)nc2cc(S(=O)(=O)N3CCOCC3)ccc21. The minimum absolute atomic E-state index is 0.106. The third-order valence-electron chi connectivity index (χ3n) is 6.09. The first-order chi connectivity index (χ1) is 16.8. The summed E-state index contributed by atoms with van der Waals surface area (Å²) in [6.45, 7) is 1.39. The molecule has 1 aliphatic rings. The average Bonchev–Trinajstić information content (AvgIpc) is 3.18. The first-order valence-electron chi connectivity index (χ1n) is 11.4. The zero-order valence-electron chi connectivity index (χ0n) is 19.5. The molecule has 35 heavy (non-hydrogen) atoms. The van der Waals surface area contributed by atoms with Gasteiger partial charge in [-0.3, -0.25) is 9.59 Å². The van der Waals surface area contributed by atoms with E-state index in [1.165, 1.54) is 4.31 Å². The van der Waals surface area contributed by atoms with Crippen molar-refractivity contribution in [2.75, 3.05) is 26.3 Å². The Morgan fingerprint density at radius 1 is 1.14 bits per heavy atom. The molecule has 2 aromatic carbocycles. The van der Waals surface area contributed by atoms with E-state index in [9.17, 15) is 18.0 Å². The number of nitrogens with two attached hydrogens (primary N) is 1. The summed E-state index contributed by atoms with van der Waals surface area (Å²) in [5, 5.41) is 2.71. The normalized spacial score (nSPS) is 15.7. The van der Waals surface area contributed by atoms with E-state index in [1.807, 2.05) is 41.9 Å². The number of benzene rings is 2. The van der Waals surface area contributed by atoms with Gasteiger partial charge in [-0.05, 0) is 23.8 Å². The number of nitrogens with zero attached hydrogens (tertiary/aromatic N) is 3. The van der Waals surface area contributed by atoms with Gasteiger partial charge in [-0.25, -0.2) is 13.4 Å². The Hall–Kier alpha value is -3.28. The van der Waals surface area contributed by atoms with Crippen LogP contribution in [-0.4, -0.2) is 66.4 Å². The number of hydrogen-bond acceptors (Lipinski definition) is 6. The summed E-state index contributed by atoms with van der Waals surface area (Å²) in [6, 6.07) is 13.4. The van der Waals surface area contributed by atoms with Gasteiger partial charge in [0.25, 0.3) is 0 Å². The molecule has 2 heterocycles. The molecule has 1 saturated heterocycles. The van der Waals surface area contributed by atoms with Gasteiger partial charge in [0.1, 0.15) is 11.9 Å².